The van der Waals surface area contributed by atoms with Crippen LogP contribution in [0.1, 0.15) is 32.1 Å². The molecule has 6 nitrogen and oxygen atoms in total. The number of fused-ring (bicyclic) bond motifs is 1. The standard InChI is InChI=1S/C20H28N4O2/c1-21(2)15-6-8-16(9-7-15)22-13-10-17(11-14-22)24-19(25)18-5-3-4-12-23(18)20(24)26/h6-9,17-18H,3-5,10-14H2,1-2H3/t18-/m0/s1. The maximum atomic E-state index is 12.7. The van der Waals surface area contributed by atoms with Gasteiger partial charge in [0, 0.05) is 51.1 Å². The number of imide groups is 1. The van der Waals surface area contributed by atoms with Gasteiger partial charge in [0.1, 0.15) is 6.04 Å². The summed E-state index contributed by atoms with van der Waals surface area (Å²) >= 11 is 0. The molecule has 4 rings (SSSR count). The number of carbonyl (C=O) groups excluding carboxylic acids is 2. The molecule has 0 aromatic heterocycles. The van der Waals surface area contributed by atoms with Gasteiger partial charge in [0.2, 0.25) is 0 Å². The van der Waals surface area contributed by atoms with Gasteiger partial charge in [-0.1, -0.05) is 0 Å². The van der Waals surface area contributed by atoms with Crippen molar-refractivity contribution in [1.82, 2.24) is 9.80 Å². The van der Waals surface area contributed by atoms with Crippen LogP contribution >= 0.6 is 0 Å². The van der Waals surface area contributed by atoms with Gasteiger partial charge in [-0.3, -0.25) is 9.69 Å². The summed E-state index contributed by atoms with van der Waals surface area (Å²) < 4.78 is 0. The van der Waals surface area contributed by atoms with Crippen molar-refractivity contribution in [3.8, 4) is 0 Å². The number of piperidine rings is 2. The van der Waals surface area contributed by atoms with Crippen LogP contribution in [0.2, 0.25) is 0 Å². The lowest BCUT2D eigenvalue weighted by Crippen LogP contribution is -2.48. The van der Waals surface area contributed by atoms with Crippen LogP contribution in [0.4, 0.5) is 16.2 Å². The Bertz CT molecular complexity index is 656. The Labute approximate surface area is 155 Å². The molecule has 0 radical (unpaired) electrons. The summed E-state index contributed by atoms with van der Waals surface area (Å²) in [5, 5.41) is 0. The van der Waals surface area contributed by atoms with Crippen molar-refractivity contribution in [2.75, 3.05) is 43.5 Å². The molecule has 3 aliphatic rings. The minimum Gasteiger partial charge on any atom is -0.378 e. The Morgan fingerprint density at radius 2 is 1.62 bits per heavy atom. The van der Waals surface area contributed by atoms with Crippen molar-refractivity contribution >= 4 is 23.3 Å². The summed E-state index contributed by atoms with van der Waals surface area (Å²) in [6, 6.07) is 8.39. The number of carbonyl (C=O) groups is 2. The molecule has 3 heterocycles. The van der Waals surface area contributed by atoms with Gasteiger partial charge in [0.15, 0.2) is 0 Å². The number of rotatable bonds is 3. The number of hydrogen-bond acceptors (Lipinski definition) is 4. The van der Waals surface area contributed by atoms with E-state index in [9.17, 15) is 9.59 Å². The van der Waals surface area contributed by atoms with Gasteiger partial charge in [-0.15, -0.1) is 0 Å². The molecule has 0 aliphatic carbocycles. The first kappa shape index (κ1) is 17.2. The second kappa shape index (κ2) is 6.82. The Balaban J connectivity index is 1.40. The molecule has 0 saturated carbocycles. The van der Waals surface area contributed by atoms with E-state index >= 15 is 0 Å². The zero-order valence-corrected chi connectivity index (χ0v) is 15.7. The van der Waals surface area contributed by atoms with Gasteiger partial charge in [-0.25, -0.2) is 4.79 Å². The molecule has 0 unspecified atom stereocenters. The molecular formula is C20H28N4O2. The fourth-order valence-electron chi connectivity index (χ4n) is 4.49. The first-order chi connectivity index (χ1) is 12.6. The predicted octanol–water partition coefficient (Wildman–Crippen LogP) is 2.54. The molecule has 0 spiro atoms. The Morgan fingerprint density at radius 1 is 0.923 bits per heavy atom. The first-order valence-electron chi connectivity index (χ1n) is 9.72. The first-order valence-corrected chi connectivity index (χ1v) is 9.72. The average Bonchev–Trinajstić information content (AvgIpc) is 2.93. The van der Waals surface area contributed by atoms with Crippen LogP contribution in [0, 0.1) is 0 Å². The van der Waals surface area contributed by atoms with E-state index in [-0.39, 0.29) is 24.0 Å². The lowest BCUT2D eigenvalue weighted by Gasteiger charge is -2.36. The second-order valence-corrected chi connectivity index (χ2v) is 7.82. The van der Waals surface area contributed by atoms with E-state index < -0.39 is 0 Å². The molecule has 140 valence electrons. The molecule has 3 amide bonds. The van der Waals surface area contributed by atoms with Crippen LogP contribution in [-0.2, 0) is 4.79 Å². The zero-order valence-electron chi connectivity index (χ0n) is 15.7. The molecule has 0 bridgehead atoms. The molecule has 3 saturated heterocycles. The number of hydrogen-bond donors (Lipinski definition) is 0. The fraction of sp³-hybridized carbons (Fsp3) is 0.600. The zero-order chi connectivity index (χ0) is 18.3. The van der Waals surface area contributed by atoms with E-state index in [1.165, 1.54) is 11.4 Å². The Kier molecular flexibility index (Phi) is 4.51. The molecule has 1 atom stereocenters. The highest BCUT2D eigenvalue weighted by atomic mass is 16.2. The molecule has 6 heteroatoms. The summed E-state index contributed by atoms with van der Waals surface area (Å²) in [4.78, 5) is 33.3. The lowest BCUT2D eigenvalue weighted by atomic mass is 10.0. The maximum absolute atomic E-state index is 12.7. The summed E-state index contributed by atoms with van der Waals surface area (Å²) in [5.41, 5.74) is 2.40. The van der Waals surface area contributed by atoms with E-state index in [0.29, 0.717) is 0 Å². The van der Waals surface area contributed by atoms with Crippen LogP contribution in [0.15, 0.2) is 24.3 Å². The number of nitrogens with zero attached hydrogens (tertiary/aromatic N) is 4. The minimum atomic E-state index is -0.187. The van der Waals surface area contributed by atoms with Gasteiger partial charge in [-0.2, -0.15) is 0 Å². The Morgan fingerprint density at radius 3 is 2.23 bits per heavy atom. The third-order valence-electron chi connectivity index (χ3n) is 6.04. The quantitative estimate of drug-likeness (QED) is 0.781. The topological polar surface area (TPSA) is 47.1 Å². The molecule has 1 aromatic carbocycles. The number of anilines is 2. The van der Waals surface area contributed by atoms with Crippen LogP contribution < -0.4 is 9.80 Å². The third-order valence-corrected chi connectivity index (χ3v) is 6.04. The molecule has 26 heavy (non-hydrogen) atoms. The summed E-state index contributed by atoms with van der Waals surface area (Å²) in [5.74, 6) is 0.0449. The summed E-state index contributed by atoms with van der Waals surface area (Å²) in [7, 11) is 4.08. The van der Waals surface area contributed by atoms with Gasteiger partial charge in [0.25, 0.3) is 5.91 Å². The smallest absolute Gasteiger partial charge is 0.327 e. The highest BCUT2D eigenvalue weighted by Gasteiger charge is 2.48. The fourth-order valence-corrected chi connectivity index (χ4v) is 4.49. The van der Waals surface area contributed by atoms with Crippen LogP contribution in [0.5, 0.6) is 0 Å². The van der Waals surface area contributed by atoms with Gasteiger partial charge >= 0.3 is 6.03 Å². The molecule has 0 N–H and O–H groups in total. The average molecular weight is 356 g/mol. The predicted molar refractivity (Wildman–Crippen MR) is 103 cm³/mol. The van der Waals surface area contributed by atoms with Gasteiger partial charge in [-0.05, 0) is 56.4 Å². The maximum Gasteiger partial charge on any atom is 0.327 e. The third kappa shape index (κ3) is 2.91. The van der Waals surface area contributed by atoms with Crippen molar-refractivity contribution in [2.24, 2.45) is 0 Å². The monoisotopic (exact) mass is 356 g/mol. The molecule has 1 aromatic rings. The highest BCUT2D eigenvalue weighted by molar-refractivity contribution is 6.04. The molecule has 3 aliphatic heterocycles. The lowest BCUT2D eigenvalue weighted by molar-refractivity contribution is -0.130. The normalized spacial score (nSPS) is 24.2. The Hall–Kier alpha value is -2.24. The van der Waals surface area contributed by atoms with Gasteiger partial charge in [0.05, 0.1) is 0 Å². The highest BCUT2D eigenvalue weighted by Crippen LogP contribution is 2.32. The van der Waals surface area contributed by atoms with Crippen LogP contribution in [-0.4, -0.2) is 67.6 Å². The SMILES string of the molecule is CN(C)c1ccc(N2CCC(N3C(=O)[C@@H]4CCCCN4C3=O)CC2)cc1. The number of urea groups is 1. The van der Waals surface area contributed by atoms with Crippen LogP contribution in [0.25, 0.3) is 0 Å². The van der Waals surface area contributed by atoms with Crippen molar-refractivity contribution in [2.45, 2.75) is 44.2 Å². The second-order valence-electron chi connectivity index (χ2n) is 7.82. The van der Waals surface area contributed by atoms with Crippen molar-refractivity contribution in [1.29, 1.82) is 0 Å². The van der Waals surface area contributed by atoms with E-state index in [2.05, 4.69) is 34.1 Å². The van der Waals surface area contributed by atoms with Gasteiger partial charge < -0.3 is 14.7 Å². The number of amides is 3. The van der Waals surface area contributed by atoms with E-state index in [1.54, 1.807) is 9.80 Å². The van der Waals surface area contributed by atoms with E-state index in [1.807, 2.05) is 14.1 Å². The molecule has 3 fully saturated rings. The summed E-state index contributed by atoms with van der Waals surface area (Å²) in [6.07, 6.45) is 4.61. The minimum absolute atomic E-state index is 0.0449. The molecular weight excluding hydrogens is 328 g/mol. The largest absolute Gasteiger partial charge is 0.378 e. The summed E-state index contributed by atoms with van der Waals surface area (Å²) in [6.45, 7) is 2.50. The van der Waals surface area contributed by atoms with Crippen molar-refractivity contribution < 1.29 is 9.59 Å². The van der Waals surface area contributed by atoms with Crippen LogP contribution in [0.3, 0.4) is 0 Å². The number of benzene rings is 1. The van der Waals surface area contributed by atoms with Crippen molar-refractivity contribution in [3.05, 3.63) is 24.3 Å². The van der Waals surface area contributed by atoms with E-state index in [4.69, 9.17) is 0 Å². The van der Waals surface area contributed by atoms with E-state index in [0.717, 1.165) is 51.7 Å². The van der Waals surface area contributed by atoms with Crippen molar-refractivity contribution in [3.63, 3.8) is 0 Å².